The van der Waals surface area contributed by atoms with Crippen LogP contribution in [-0.4, -0.2) is 37.4 Å². The first-order chi connectivity index (χ1) is 13.5. The lowest BCUT2D eigenvalue weighted by atomic mass is 10.0. The van der Waals surface area contributed by atoms with E-state index in [0.717, 1.165) is 11.1 Å². The largest absolute Gasteiger partial charge is 0.497 e. The van der Waals surface area contributed by atoms with E-state index in [1.54, 1.807) is 37.5 Å². The second-order valence-corrected chi connectivity index (χ2v) is 6.14. The summed E-state index contributed by atoms with van der Waals surface area (Å²) in [5.74, 6) is -0.676. The molecule has 0 unspecified atom stereocenters. The molecule has 2 aromatic rings. The first-order valence-corrected chi connectivity index (χ1v) is 8.80. The van der Waals surface area contributed by atoms with Crippen LogP contribution < -0.4 is 10.1 Å². The van der Waals surface area contributed by atoms with Crippen LogP contribution in [0.25, 0.3) is 6.08 Å². The molecule has 28 heavy (non-hydrogen) atoms. The van der Waals surface area contributed by atoms with Crippen LogP contribution in [0.4, 0.5) is 0 Å². The summed E-state index contributed by atoms with van der Waals surface area (Å²) in [4.78, 5) is 35.6. The minimum absolute atomic E-state index is 0.165. The number of Topliss-reactive ketones (excluding diaryl/α,β-unsaturated/α-hetero) is 1. The van der Waals surface area contributed by atoms with Crippen LogP contribution in [0.5, 0.6) is 5.75 Å². The van der Waals surface area contributed by atoms with Crippen LogP contribution in [0.2, 0.25) is 0 Å². The Morgan fingerprint density at radius 1 is 1.07 bits per heavy atom. The van der Waals surface area contributed by atoms with Crippen molar-refractivity contribution in [1.29, 1.82) is 0 Å². The summed E-state index contributed by atoms with van der Waals surface area (Å²) < 4.78 is 10.0. The maximum absolute atomic E-state index is 12.0. The third-order valence-electron chi connectivity index (χ3n) is 3.96. The number of ketones is 1. The molecule has 6 heteroatoms. The number of benzene rings is 2. The van der Waals surface area contributed by atoms with Crippen LogP contribution in [0, 0.1) is 0 Å². The molecule has 6 nitrogen and oxygen atoms in total. The van der Waals surface area contributed by atoms with Crippen molar-refractivity contribution in [2.24, 2.45) is 0 Å². The fraction of sp³-hybridized carbons (Fsp3) is 0.227. The molecule has 1 atom stereocenters. The van der Waals surface area contributed by atoms with Gasteiger partial charge < -0.3 is 14.8 Å². The number of carbonyl (C=O) groups is 3. The topological polar surface area (TPSA) is 81.7 Å². The summed E-state index contributed by atoms with van der Waals surface area (Å²) in [7, 11) is 1.56. The minimum Gasteiger partial charge on any atom is -0.497 e. The van der Waals surface area contributed by atoms with E-state index in [-0.39, 0.29) is 5.78 Å². The number of esters is 1. The lowest BCUT2D eigenvalue weighted by molar-refractivity contribution is -0.144. The smallest absolute Gasteiger partial charge is 0.331 e. The fourth-order valence-electron chi connectivity index (χ4n) is 2.48. The Balaban J connectivity index is 1.83. The summed E-state index contributed by atoms with van der Waals surface area (Å²) in [6, 6.07) is 15.9. The van der Waals surface area contributed by atoms with Crippen LogP contribution >= 0.6 is 0 Å². The molecule has 0 aromatic heterocycles. The van der Waals surface area contributed by atoms with Gasteiger partial charge in [0.1, 0.15) is 5.75 Å². The Labute approximate surface area is 164 Å². The molecule has 1 amide bonds. The van der Waals surface area contributed by atoms with Gasteiger partial charge in [-0.15, -0.1) is 0 Å². The number of nitrogens with one attached hydrogen (secondary N) is 1. The van der Waals surface area contributed by atoms with E-state index >= 15 is 0 Å². The van der Waals surface area contributed by atoms with E-state index in [9.17, 15) is 14.4 Å². The zero-order valence-corrected chi connectivity index (χ0v) is 15.9. The molecule has 146 valence electrons. The minimum atomic E-state index is -0.666. The third-order valence-corrected chi connectivity index (χ3v) is 3.96. The van der Waals surface area contributed by atoms with Gasteiger partial charge in [-0.25, -0.2) is 4.79 Å². The van der Waals surface area contributed by atoms with Crippen LogP contribution in [0.1, 0.15) is 18.1 Å². The molecule has 0 saturated heterocycles. The van der Waals surface area contributed by atoms with Gasteiger partial charge in [0.05, 0.1) is 13.2 Å². The second kappa shape index (κ2) is 10.7. The molecule has 0 aliphatic carbocycles. The highest BCUT2D eigenvalue weighted by atomic mass is 16.5. The average Bonchev–Trinajstić information content (AvgIpc) is 2.71. The zero-order chi connectivity index (χ0) is 20.4. The third kappa shape index (κ3) is 7.07. The van der Waals surface area contributed by atoms with E-state index in [0.29, 0.717) is 12.2 Å². The molecule has 0 bridgehead atoms. The van der Waals surface area contributed by atoms with Crippen molar-refractivity contribution < 1.29 is 23.9 Å². The molecule has 2 aromatic carbocycles. The molecule has 0 aliphatic heterocycles. The van der Waals surface area contributed by atoms with Crippen molar-refractivity contribution in [1.82, 2.24) is 5.32 Å². The van der Waals surface area contributed by atoms with Crippen molar-refractivity contribution in [2.75, 3.05) is 13.7 Å². The van der Waals surface area contributed by atoms with Gasteiger partial charge in [0, 0.05) is 6.08 Å². The SMILES string of the molecule is COc1cccc(/C=C/C(=O)OCC(=O)N[C@@H](Cc2ccccc2)C(C)=O)c1. The Morgan fingerprint density at radius 3 is 2.50 bits per heavy atom. The number of hydrogen-bond donors (Lipinski definition) is 1. The Kier molecular flexibility index (Phi) is 7.96. The highest BCUT2D eigenvalue weighted by molar-refractivity contribution is 5.91. The lowest BCUT2D eigenvalue weighted by Gasteiger charge is -2.16. The van der Waals surface area contributed by atoms with Gasteiger partial charge in [-0.2, -0.15) is 0 Å². The molecule has 0 radical (unpaired) electrons. The van der Waals surface area contributed by atoms with Gasteiger partial charge in [0.15, 0.2) is 12.4 Å². The molecule has 0 spiro atoms. The number of methoxy groups -OCH3 is 1. The van der Waals surface area contributed by atoms with Crippen molar-refractivity contribution in [3.05, 3.63) is 71.8 Å². The summed E-state index contributed by atoms with van der Waals surface area (Å²) in [5, 5.41) is 2.60. The number of amides is 1. The first-order valence-electron chi connectivity index (χ1n) is 8.80. The average molecular weight is 381 g/mol. The van der Waals surface area contributed by atoms with Gasteiger partial charge in [0.25, 0.3) is 5.91 Å². The highest BCUT2D eigenvalue weighted by Gasteiger charge is 2.18. The molecular weight excluding hydrogens is 358 g/mol. The molecule has 0 fully saturated rings. The van der Waals surface area contributed by atoms with Crippen LogP contribution in [0.3, 0.4) is 0 Å². The van der Waals surface area contributed by atoms with Gasteiger partial charge in [-0.1, -0.05) is 42.5 Å². The Bertz CT molecular complexity index is 845. The number of ether oxygens (including phenoxy) is 2. The zero-order valence-electron chi connectivity index (χ0n) is 15.9. The van der Waals surface area contributed by atoms with E-state index in [4.69, 9.17) is 9.47 Å². The molecule has 0 saturated carbocycles. The van der Waals surface area contributed by atoms with Crippen molar-refractivity contribution >= 4 is 23.7 Å². The maximum Gasteiger partial charge on any atom is 0.331 e. The summed E-state index contributed by atoms with van der Waals surface area (Å²) >= 11 is 0. The highest BCUT2D eigenvalue weighted by Crippen LogP contribution is 2.13. The van der Waals surface area contributed by atoms with E-state index in [1.165, 1.54) is 13.0 Å². The fourth-order valence-corrected chi connectivity index (χ4v) is 2.48. The number of hydrogen-bond acceptors (Lipinski definition) is 5. The predicted octanol–water partition coefficient (Wildman–Crippen LogP) is 2.57. The van der Waals surface area contributed by atoms with Gasteiger partial charge in [0.2, 0.25) is 0 Å². The quantitative estimate of drug-likeness (QED) is 0.533. The maximum atomic E-state index is 12.0. The predicted molar refractivity (Wildman–Crippen MR) is 106 cm³/mol. The van der Waals surface area contributed by atoms with E-state index in [2.05, 4.69) is 5.32 Å². The van der Waals surface area contributed by atoms with Crippen molar-refractivity contribution in [3.8, 4) is 5.75 Å². The van der Waals surface area contributed by atoms with Crippen molar-refractivity contribution in [2.45, 2.75) is 19.4 Å². The standard InChI is InChI=1S/C22H23NO5/c1-16(24)20(14-17-7-4-3-5-8-17)23-21(25)15-28-22(26)12-11-18-9-6-10-19(13-18)27-2/h3-13,20H,14-15H2,1-2H3,(H,23,25)/b12-11+/t20-/m0/s1. The summed E-state index contributed by atoms with van der Waals surface area (Å²) in [6.07, 6.45) is 3.18. The summed E-state index contributed by atoms with van der Waals surface area (Å²) in [5.41, 5.74) is 1.70. The van der Waals surface area contributed by atoms with Crippen LogP contribution in [0.15, 0.2) is 60.7 Å². The molecule has 0 aliphatic rings. The normalized spacial score (nSPS) is 11.6. The number of rotatable bonds is 9. The lowest BCUT2D eigenvalue weighted by Crippen LogP contribution is -2.43. The van der Waals surface area contributed by atoms with Gasteiger partial charge in [-0.05, 0) is 42.7 Å². The van der Waals surface area contributed by atoms with Gasteiger partial charge in [-0.3, -0.25) is 9.59 Å². The molecular formula is C22H23NO5. The number of carbonyl (C=O) groups excluding carboxylic acids is 3. The van der Waals surface area contributed by atoms with Gasteiger partial charge >= 0.3 is 5.97 Å². The van der Waals surface area contributed by atoms with Crippen LogP contribution in [-0.2, 0) is 25.5 Å². The summed E-state index contributed by atoms with van der Waals surface area (Å²) in [6.45, 7) is 0.955. The van der Waals surface area contributed by atoms with E-state index in [1.807, 2.05) is 30.3 Å². The molecule has 0 heterocycles. The van der Waals surface area contributed by atoms with E-state index < -0.39 is 24.5 Å². The second-order valence-electron chi connectivity index (χ2n) is 6.14. The Morgan fingerprint density at radius 2 is 1.82 bits per heavy atom. The molecule has 1 N–H and O–H groups in total. The monoisotopic (exact) mass is 381 g/mol. The molecule has 2 rings (SSSR count). The van der Waals surface area contributed by atoms with Crippen molar-refractivity contribution in [3.63, 3.8) is 0 Å². The first kappa shape index (κ1) is 20.9. The Hall–Kier alpha value is -3.41.